The molecule has 3 aromatic rings. The van der Waals surface area contributed by atoms with E-state index in [1.165, 1.54) is 18.5 Å². The predicted molar refractivity (Wildman–Crippen MR) is 104 cm³/mol. The Hall–Kier alpha value is -3.26. The Morgan fingerprint density at radius 1 is 1.04 bits per heavy atom. The molecular weight excluding hydrogens is 381 g/mol. The van der Waals surface area contributed by atoms with Gasteiger partial charge in [0, 0.05) is 12.7 Å². The molecule has 1 aromatic heterocycles. The standard InChI is InChI=1S/C20H18FN3O3S/c1-14-2-4-15(5-3-14)11-23-20(25)16-10-18(13-22-12-16)24-28(26,27)19-8-6-17(21)7-9-19/h2-10,12-13,24H,11H2,1H3,(H,23,25). The predicted octanol–water partition coefficient (Wildman–Crippen LogP) is 3.26. The van der Waals surface area contributed by atoms with Gasteiger partial charge in [-0.05, 0) is 42.8 Å². The number of aromatic nitrogens is 1. The molecule has 144 valence electrons. The monoisotopic (exact) mass is 399 g/mol. The van der Waals surface area contributed by atoms with Gasteiger partial charge in [0.25, 0.3) is 15.9 Å². The number of nitrogens with zero attached hydrogens (tertiary/aromatic N) is 1. The van der Waals surface area contributed by atoms with Crippen LogP contribution in [0, 0.1) is 12.7 Å². The Morgan fingerprint density at radius 3 is 2.39 bits per heavy atom. The van der Waals surface area contributed by atoms with Crippen LogP contribution in [0.25, 0.3) is 0 Å². The molecule has 0 saturated heterocycles. The van der Waals surface area contributed by atoms with Crippen molar-refractivity contribution in [3.05, 3.63) is 89.5 Å². The second kappa shape index (κ2) is 8.18. The molecule has 0 fully saturated rings. The summed E-state index contributed by atoms with van der Waals surface area (Å²) >= 11 is 0. The Balaban J connectivity index is 1.70. The Morgan fingerprint density at radius 2 is 1.71 bits per heavy atom. The van der Waals surface area contributed by atoms with Crippen LogP contribution in [0.4, 0.5) is 10.1 Å². The van der Waals surface area contributed by atoms with Crippen molar-refractivity contribution in [2.24, 2.45) is 0 Å². The molecule has 0 aliphatic heterocycles. The Kier molecular flexibility index (Phi) is 5.70. The van der Waals surface area contributed by atoms with Gasteiger partial charge in [0.2, 0.25) is 0 Å². The number of pyridine rings is 1. The van der Waals surface area contributed by atoms with Crippen molar-refractivity contribution in [1.82, 2.24) is 10.3 Å². The topological polar surface area (TPSA) is 88.2 Å². The summed E-state index contributed by atoms with van der Waals surface area (Å²) in [5.41, 5.74) is 2.42. The molecule has 8 heteroatoms. The molecule has 6 nitrogen and oxygen atoms in total. The first-order chi connectivity index (χ1) is 13.3. The number of carbonyl (C=O) groups excluding carboxylic acids is 1. The van der Waals surface area contributed by atoms with Crippen molar-refractivity contribution < 1.29 is 17.6 Å². The highest BCUT2D eigenvalue weighted by Crippen LogP contribution is 2.17. The second-order valence-electron chi connectivity index (χ2n) is 6.19. The van der Waals surface area contributed by atoms with Crippen LogP contribution < -0.4 is 10.0 Å². The Bertz CT molecular complexity index is 1080. The van der Waals surface area contributed by atoms with Gasteiger partial charge in [-0.2, -0.15) is 0 Å². The summed E-state index contributed by atoms with van der Waals surface area (Å²) in [5.74, 6) is -0.913. The fraction of sp³-hybridized carbons (Fsp3) is 0.100. The maximum Gasteiger partial charge on any atom is 0.261 e. The third kappa shape index (κ3) is 4.92. The van der Waals surface area contributed by atoms with E-state index >= 15 is 0 Å². The van der Waals surface area contributed by atoms with Crippen molar-refractivity contribution in [2.75, 3.05) is 4.72 Å². The number of benzene rings is 2. The van der Waals surface area contributed by atoms with E-state index in [9.17, 15) is 17.6 Å². The third-order valence-corrected chi connectivity index (χ3v) is 5.35. The van der Waals surface area contributed by atoms with Gasteiger partial charge >= 0.3 is 0 Å². The molecule has 0 aliphatic carbocycles. The highest BCUT2D eigenvalue weighted by Gasteiger charge is 2.15. The fourth-order valence-corrected chi connectivity index (χ4v) is 3.47. The van der Waals surface area contributed by atoms with E-state index in [1.54, 1.807) is 0 Å². The smallest absolute Gasteiger partial charge is 0.261 e. The molecule has 2 N–H and O–H groups in total. The molecule has 2 aromatic carbocycles. The zero-order chi connectivity index (χ0) is 20.1. The van der Waals surface area contributed by atoms with Gasteiger partial charge in [-0.3, -0.25) is 14.5 Å². The van der Waals surface area contributed by atoms with Crippen LogP contribution in [0.15, 0.2) is 71.9 Å². The molecule has 0 radical (unpaired) electrons. The summed E-state index contributed by atoms with van der Waals surface area (Å²) in [6.07, 6.45) is 2.64. The van der Waals surface area contributed by atoms with Crippen molar-refractivity contribution in [1.29, 1.82) is 0 Å². The first kappa shape index (κ1) is 19.5. The fourth-order valence-electron chi connectivity index (χ4n) is 2.44. The summed E-state index contributed by atoms with van der Waals surface area (Å²) in [5, 5.41) is 2.76. The zero-order valence-corrected chi connectivity index (χ0v) is 15.8. The number of carbonyl (C=O) groups is 1. The molecule has 1 amide bonds. The molecule has 0 aliphatic rings. The lowest BCUT2D eigenvalue weighted by atomic mass is 10.1. The van der Waals surface area contributed by atoms with Crippen molar-refractivity contribution in [2.45, 2.75) is 18.4 Å². The molecule has 0 unspecified atom stereocenters. The minimum absolute atomic E-state index is 0.0943. The summed E-state index contributed by atoms with van der Waals surface area (Å²) in [4.78, 5) is 16.2. The lowest BCUT2D eigenvalue weighted by Gasteiger charge is -2.10. The molecule has 0 saturated carbocycles. The highest BCUT2D eigenvalue weighted by molar-refractivity contribution is 7.92. The van der Waals surface area contributed by atoms with Crippen LogP contribution in [0.2, 0.25) is 0 Å². The van der Waals surface area contributed by atoms with E-state index < -0.39 is 15.8 Å². The summed E-state index contributed by atoms with van der Waals surface area (Å²) in [6, 6.07) is 13.6. The normalized spacial score (nSPS) is 11.1. The molecule has 28 heavy (non-hydrogen) atoms. The van der Waals surface area contributed by atoms with Gasteiger partial charge < -0.3 is 5.32 Å². The maximum absolute atomic E-state index is 13.0. The summed E-state index contributed by atoms with van der Waals surface area (Å²) < 4.78 is 40.1. The minimum Gasteiger partial charge on any atom is -0.348 e. The third-order valence-electron chi connectivity index (χ3n) is 3.95. The van der Waals surface area contributed by atoms with Gasteiger partial charge in [0.15, 0.2) is 0 Å². The number of anilines is 1. The number of aryl methyl sites for hydroxylation is 1. The van der Waals surface area contributed by atoms with Crippen LogP contribution in [0.5, 0.6) is 0 Å². The number of sulfonamides is 1. The average Bonchev–Trinajstić information content (AvgIpc) is 2.67. The van der Waals surface area contributed by atoms with E-state index in [4.69, 9.17) is 0 Å². The van der Waals surface area contributed by atoms with Crippen LogP contribution in [-0.4, -0.2) is 19.3 Å². The molecule has 0 atom stereocenters. The molecule has 0 bridgehead atoms. The average molecular weight is 399 g/mol. The molecular formula is C20H18FN3O3S. The van der Waals surface area contributed by atoms with E-state index in [1.807, 2.05) is 31.2 Å². The van der Waals surface area contributed by atoms with Gasteiger partial charge in [-0.1, -0.05) is 29.8 Å². The van der Waals surface area contributed by atoms with E-state index in [-0.39, 0.29) is 22.1 Å². The minimum atomic E-state index is -3.92. The number of halogens is 1. The first-order valence-electron chi connectivity index (χ1n) is 8.41. The lowest BCUT2D eigenvalue weighted by molar-refractivity contribution is 0.0950. The van der Waals surface area contributed by atoms with Crippen molar-refractivity contribution >= 4 is 21.6 Å². The van der Waals surface area contributed by atoms with Gasteiger partial charge in [-0.15, -0.1) is 0 Å². The highest BCUT2D eigenvalue weighted by atomic mass is 32.2. The zero-order valence-electron chi connectivity index (χ0n) is 15.0. The Labute approximate surface area is 162 Å². The lowest BCUT2D eigenvalue weighted by Crippen LogP contribution is -2.23. The SMILES string of the molecule is Cc1ccc(CNC(=O)c2cncc(NS(=O)(=O)c3ccc(F)cc3)c2)cc1. The van der Waals surface area contributed by atoms with Gasteiger partial charge in [0.1, 0.15) is 5.82 Å². The van der Waals surface area contributed by atoms with Crippen LogP contribution in [0.3, 0.4) is 0 Å². The van der Waals surface area contributed by atoms with E-state index in [0.29, 0.717) is 6.54 Å². The van der Waals surface area contributed by atoms with E-state index in [0.717, 1.165) is 35.4 Å². The van der Waals surface area contributed by atoms with Crippen molar-refractivity contribution in [3.8, 4) is 0 Å². The maximum atomic E-state index is 13.0. The summed E-state index contributed by atoms with van der Waals surface area (Å²) in [6.45, 7) is 2.32. The largest absolute Gasteiger partial charge is 0.348 e. The number of hydrogen-bond acceptors (Lipinski definition) is 4. The van der Waals surface area contributed by atoms with Crippen molar-refractivity contribution in [3.63, 3.8) is 0 Å². The van der Waals surface area contributed by atoms with Gasteiger partial charge in [-0.25, -0.2) is 12.8 Å². The number of amides is 1. The second-order valence-corrected chi connectivity index (χ2v) is 7.87. The molecule has 0 spiro atoms. The van der Waals surface area contributed by atoms with E-state index in [2.05, 4.69) is 15.0 Å². The van der Waals surface area contributed by atoms with Crippen LogP contribution in [-0.2, 0) is 16.6 Å². The van der Waals surface area contributed by atoms with Crippen LogP contribution >= 0.6 is 0 Å². The van der Waals surface area contributed by atoms with Gasteiger partial charge in [0.05, 0.1) is 22.3 Å². The molecule has 3 rings (SSSR count). The number of rotatable bonds is 6. The number of hydrogen-bond donors (Lipinski definition) is 2. The number of nitrogens with one attached hydrogen (secondary N) is 2. The quantitative estimate of drug-likeness (QED) is 0.666. The summed E-state index contributed by atoms with van der Waals surface area (Å²) in [7, 11) is -3.92. The molecule has 1 heterocycles. The van der Waals surface area contributed by atoms with Crippen LogP contribution in [0.1, 0.15) is 21.5 Å². The first-order valence-corrected chi connectivity index (χ1v) is 9.89.